The Labute approximate surface area is 136 Å². The van der Waals surface area contributed by atoms with Crippen LogP contribution in [-0.4, -0.2) is 30.2 Å². The van der Waals surface area contributed by atoms with Crippen molar-refractivity contribution in [2.24, 2.45) is 22.2 Å². The van der Waals surface area contributed by atoms with Gasteiger partial charge in [0.15, 0.2) is 5.96 Å². The molecule has 7 nitrogen and oxygen atoms in total. The number of nitrogens with zero attached hydrogens (tertiary/aromatic N) is 1. The summed E-state index contributed by atoms with van der Waals surface area (Å²) in [6.07, 6.45) is 2.08. The van der Waals surface area contributed by atoms with Crippen LogP contribution < -0.4 is 22.5 Å². The number of carbonyl (C=O) groups is 1. The Bertz CT molecular complexity index is 548. The lowest BCUT2D eigenvalue weighted by Crippen LogP contribution is -2.33. The maximum Gasteiger partial charge on any atom is 0.185 e. The van der Waals surface area contributed by atoms with Crippen LogP contribution in [-0.2, 0) is 11.3 Å². The van der Waals surface area contributed by atoms with Crippen molar-refractivity contribution in [2.75, 3.05) is 6.54 Å². The highest BCUT2D eigenvalue weighted by atomic mass is 16.1. The summed E-state index contributed by atoms with van der Waals surface area (Å²) < 4.78 is 0. The zero-order valence-corrected chi connectivity index (χ0v) is 13.5. The topological polar surface area (TPSA) is 143 Å². The molecule has 126 valence electrons. The monoisotopic (exact) mass is 318 g/mol. The van der Waals surface area contributed by atoms with Crippen molar-refractivity contribution in [2.45, 2.75) is 38.8 Å². The summed E-state index contributed by atoms with van der Waals surface area (Å²) in [5, 5.41) is 10.6. The Hall–Kier alpha value is -2.41. The summed E-state index contributed by atoms with van der Waals surface area (Å²) in [4.78, 5) is 15.9. The first-order valence-electron chi connectivity index (χ1n) is 7.65. The van der Waals surface area contributed by atoms with Crippen LogP contribution in [0.1, 0.15) is 37.3 Å². The van der Waals surface area contributed by atoms with Crippen LogP contribution in [0, 0.1) is 5.41 Å². The zero-order chi connectivity index (χ0) is 17.2. The Morgan fingerprint density at radius 3 is 2.43 bits per heavy atom. The van der Waals surface area contributed by atoms with Gasteiger partial charge in [-0.1, -0.05) is 24.3 Å². The first kappa shape index (κ1) is 18.6. The molecule has 0 spiro atoms. The molecule has 1 aromatic rings. The number of amidine groups is 1. The molecule has 1 unspecified atom stereocenters. The number of nitrogens with two attached hydrogens (primary N) is 3. The number of rotatable bonds is 10. The van der Waals surface area contributed by atoms with Gasteiger partial charge in [0.1, 0.15) is 11.6 Å². The van der Waals surface area contributed by atoms with Gasteiger partial charge < -0.3 is 22.5 Å². The molecule has 0 saturated carbocycles. The molecule has 0 bridgehead atoms. The third kappa shape index (κ3) is 7.42. The lowest BCUT2D eigenvalue weighted by Gasteiger charge is -2.13. The predicted octanol–water partition coefficient (Wildman–Crippen LogP) is 0.462. The third-order valence-electron chi connectivity index (χ3n) is 3.49. The van der Waals surface area contributed by atoms with Crippen molar-refractivity contribution in [3.8, 4) is 0 Å². The molecular weight excluding hydrogens is 292 g/mol. The molecule has 0 aromatic heterocycles. The number of benzene rings is 1. The molecule has 23 heavy (non-hydrogen) atoms. The van der Waals surface area contributed by atoms with Crippen molar-refractivity contribution in [3.05, 3.63) is 35.4 Å². The average Bonchev–Trinajstić information content (AvgIpc) is 2.52. The molecule has 7 heteroatoms. The second kappa shape index (κ2) is 9.58. The number of aliphatic imine (C=N–C) groups is 1. The standard InChI is InChI=1S/C16H26N6O/c1-11(14(23)4-2-3-9-21-16(19)20)22-10-12-5-7-13(8-6-12)15(17)18/h5-8,11,22H,2-4,9-10H2,1H3,(H3,17,18)(H4,19,20,21). The molecule has 1 aromatic carbocycles. The highest BCUT2D eigenvalue weighted by Gasteiger charge is 2.11. The molecule has 1 rings (SSSR count). The summed E-state index contributed by atoms with van der Waals surface area (Å²) in [6.45, 7) is 3.02. The third-order valence-corrected chi connectivity index (χ3v) is 3.49. The fraction of sp³-hybridized carbons (Fsp3) is 0.438. The minimum atomic E-state index is -0.203. The summed E-state index contributed by atoms with van der Waals surface area (Å²) in [7, 11) is 0. The fourth-order valence-electron chi connectivity index (χ4n) is 2.02. The summed E-state index contributed by atoms with van der Waals surface area (Å²) in [6, 6.07) is 7.20. The van der Waals surface area contributed by atoms with E-state index < -0.39 is 0 Å². The summed E-state index contributed by atoms with van der Waals surface area (Å²) in [5.74, 6) is 0.311. The van der Waals surface area contributed by atoms with Crippen LogP contribution in [0.5, 0.6) is 0 Å². The number of nitrogen functional groups attached to an aromatic ring is 1. The van der Waals surface area contributed by atoms with E-state index in [9.17, 15) is 4.79 Å². The van der Waals surface area contributed by atoms with Crippen LogP contribution in [0.25, 0.3) is 0 Å². The SMILES string of the molecule is CC(NCc1ccc(C(=N)N)cc1)C(=O)CCCCN=C(N)N. The van der Waals surface area contributed by atoms with Gasteiger partial charge in [0, 0.05) is 25.1 Å². The Morgan fingerprint density at radius 2 is 1.87 bits per heavy atom. The number of nitrogens with one attached hydrogen (secondary N) is 2. The molecule has 1 atom stereocenters. The van der Waals surface area contributed by atoms with Gasteiger partial charge in [0.2, 0.25) is 0 Å². The highest BCUT2D eigenvalue weighted by molar-refractivity contribution is 5.94. The van der Waals surface area contributed by atoms with Crippen molar-refractivity contribution < 1.29 is 4.79 Å². The number of unbranched alkanes of at least 4 members (excludes halogenated alkanes) is 1. The van der Waals surface area contributed by atoms with Crippen LogP contribution in [0.15, 0.2) is 29.3 Å². The molecule has 0 aliphatic heterocycles. The van der Waals surface area contributed by atoms with E-state index >= 15 is 0 Å². The van der Waals surface area contributed by atoms with E-state index in [0.29, 0.717) is 25.1 Å². The lowest BCUT2D eigenvalue weighted by molar-refractivity contribution is -0.120. The number of hydrogen-bond donors (Lipinski definition) is 5. The molecule has 0 radical (unpaired) electrons. The second-order valence-corrected chi connectivity index (χ2v) is 5.44. The molecule has 0 saturated heterocycles. The van der Waals surface area contributed by atoms with E-state index in [-0.39, 0.29) is 23.6 Å². The van der Waals surface area contributed by atoms with Crippen molar-refractivity contribution in [1.82, 2.24) is 5.32 Å². The van der Waals surface area contributed by atoms with E-state index in [1.54, 1.807) is 12.1 Å². The maximum absolute atomic E-state index is 12.0. The number of Topliss-reactive ketones (excluding diaryl/α,β-unsaturated/α-hetero) is 1. The van der Waals surface area contributed by atoms with E-state index in [0.717, 1.165) is 18.4 Å². The van der Waals surface area contributed by atoms with Crippen molar-refractivity contribution >= 4 is 17.6 Å². The molecule has 0 amide bonds. The van der Waals surface area contributed by atoms with Crippen molar-refractivity contribution in [3.63, 3.8) is 0 Å². The average molecular weight is 318 g/mol. The Morgan fingerprint density at radius 1 is 1.22 bits per heavy atom. The number of carbonyl (C=O) groups excluding carboxylic acids is 1. The molecule has 8 N–H and O–H groups in total. The van der Waals surface area contributed by atoms with E-state index in [1.165, 1.54) is 0 Å². The van der Waals surface area contributed by atoms with E-state index in [1.807, 2.05) is 19.1 Å². The van der Waals surface area contributed by atoms with Gasteiger partial charge in [0.25, 0.3) is 0 Å². The Kier molecular flexibility index (Phi) is 7.76. The van der Waals surface area contributed by atoms with Crippen LogP contribution >= 0.6 is 0 Å². The van der Waals surface area contributed by atoms with Crippen LogP contribution in [0.2, 0.25) is 0 Å². The van der Waals surface area contributed by atoms with Crippen LogP contribution in [0.4, 0.5) is 0 Å². The van der Waals surface area contributed by atoms with Gasteiger partial charge in [-0.15, -0.1) is 0 Å². The van der Waals surface area contributed by atoms with Crippen molar-refractivity contribution in [1.29, 1.82) is 5.41 Å². The first-order chi connectivity index (χ1) is 10.9. The normalized spacial score (nSPS) is 11.7. The largest absolute Gasteiger partial charge is 0.384 e. The number of hydrogen-bond acceptors (Lipinski definition) is 4. The Balaban J connectivity index is 2.29. The quantitative estimate of drug-likeness (QED) is 0.242. The number of guanidine groups is 1. The van der Waals surface area contributed by atoms with Gasteiger partial charge in [-0.2, -0.15) is 0 Å². The smallest absolute Gasteiger partial charge is 0.185 e. The van der Waals surface area contributed by atoms with E-state index in [2.05, 4.69) is 10.3 Å². The van der Waals surface area contributed by atoms with E-state index in [4.69, 9.17) is 22.6 Å². The minimum Gasteiger partial charge on any atom is -0.384 e. The summed E-state index contributed by atoms with van der Waals surface area (Å²) >= 11 is 0. The lowest BCUT2D eigenvalue weighted by atomic mass is 10.1. The zero-order valence-electron chi connectivity index (χ0n) is 13.5. The highest BCUT2D eigenvalue weighted by Crippen LogP contribution is 2.05. The molecule has 0 fully saturated rings. The fourth-order valence-corrected chi connectivity index (χ4v) is 2.02. The second-order valence-electron chi connectivity index (χ2n) is 5.44. The van der Waals surface area contributed by atoms with Gasteiger partial charge in [-0.05, 0) is 25.3 Å². The maximum atomic E-state index is 12.0. The van der Waals surface area contributed by atoms with Gasteiger partial charge in [-0.25, -0.2) is 0 Å². The molecule has 0 aliphatic rings. The van der Waals surface area contributed by atoms with Gasteiger partial charge in [0.05, 0.1) is 6.04 Å². The minimum absolute atomic E-state index is 0.0498. The first-order valence-corrected chi connectivity index (χ1v) is 7.65. The molecule has 0 aliphatic carbocycles. The van der Waals surface area contributed by atoms with Gasteiger partial charge >= 0.3 is 0 Å². The number of ketones is 1. The summed E-state index contributed by atoms with van der Waals surface area (Å²) in [5.41, 5.74) is 17.6. The molecular formula is C16H26N6O. The predicted molar refractivity (Wildman–Crippen MR) is 93.3 cm³/mol. The van der Waals surface area contributed by atoms with Gasteiger partial charge in [-0.3, -0.25) is 15.2 Å². The van der Waals surface area contributed by atoms with Crippen LogP contribution in [0.3, 0.4) is 0 Å². The molecule has 0 heterocycles.